The molecule has 3 rings (SSSR count). The van der Waals surface area contributed by atoms with Gasteiger partial charge in [0, 0.05) is 18.2 Å². The molecular formula is C15H14O2. The molecule has 1 aliphatic rings. The summed E-state index contributed by atoms with van der Waals surface area (Å²) in [5.74, 6) is 0.859. The number of phenolic OH excluding ortho intramolecular Hbond substituents is 1. The predicted molar refractivity (Wildman–Crippen MR) is 67.2 cm³/mol. The van der Waals surface area contributed by atoms with Crippen molar-refractivity contribution in [2.45, 2.75) is 25.2 Å². The third-order valence-electron chi connectivity index (χ3n) is 3.62. The highest BCUT2D eigenvalue weighted by molar-refractivity contribution is 5.90. The number of ketones is 1. The summed E-state index contributed by atoms with van der Waals surface area (Å²) in [6.45, 7) is 0. The third-order valence-corrected chi connectivity index (χ3v) is 3.62. The minimum absolute atomic E-state index is 0.201. The molecule has 0 aromatic heterocycles. The maximum Gasteiger partial charge on any atom is 0.133 e. The average Bonchev–Trinajstić information content (AvgIpc) is 2.77. The van der Waals surface area contributed by atoms with E-state index in [-0.39, 0.29) is 5.92 Å². The zero-order valence-corrected chi connectivity index (χ0v) is 9.52. The summed E-state index contributed by atoms with van der Waals surface area (Å²) in [4.78, 5) is 11.3. The number of hydrogen-bond acceptors (Lipinski definition) is 2. The number of fused-ring (bicyclic) bond motifs is 1. The van der Waals surface area contributed by atoms with Crippen LogP contribution in [0.3, 0.4) is 0 Å². The van der Waals surface area contributed by atoms with Crippen LogP contribution in [-0.4, -0.2) is 10.9 Å². The van der Waals surface area contributed by atoms with E-state index in [1.165, 1.54) is 0 Å². The molecule has 17 heavy (non-hydrogen) atoms. The summed E-state index contributed by atoms with van der Waals surface area (Å²) in [6.07, 6.45) is 2.09. The minimum Gasteiger partial charge on any atom is -0.507 e. The van der Waals surface area contributed by atoms with Gasteiger partial charge in [-0.05, 0) is 23.3 Å². The van der Waals surface area contributed by atoms with Crippen LogP contribution in [0, 0.1) is 0 Å². The summed E-state index contributed by atoms with van der Waals surface area (Å²) in [5, 5.41) is 12.2. The summed E-state index contributed by atoms with van der Waals surface area (Å²) < 4.78 is 0. The van der Waals surface area contributed by atoms with Crippen molar-refractivity contribution in [2.24, 2.45) is 0 Å². The van der Waals surface area contributed by atoms with Crippen LogP contribution in [0.1, 0.15) is 30.7 Å². The van der Waals surface area contributed by atoms with Gasteiger partial charge >= 0.3 is 0 Å². The lowest BCUT2D eigenvalue weighted by molar-refractivity contribution is -0.117. The van der Waals surface area contributed by atoms with Crippen LogP contribution >= 0.6 is 0 Å². The maximum atomic E-state index is 11.3. The number of carbonyl (C=O) groups excluding carboxylic acids is 1. The number of aromatic hydroxyl groups is 1. The predicted octanol–water partition coefficient (Wildman–Crippen LogP) is 3.38. The van der Waals surface area contributed by atoms with E-state index < -0.39 is 0 Å². The molecule has 0 bridgehead atoms. The van der Waals surface area contributed by atoms with Gasteiger partial charge in [-0.3, -0.25) is 4.79 Å². The Morgan fingerprint density at radius 3 is 2.71 bits per heavy atom. The SMILES string of the molecule is O=C1CC[C@H](c2ccc3ccccc3c2O)C1. The third kappa shape index (κ3) is 1.70. The lowest BCUT2D eigenvalue weighted by Crippen LogP contribution is -1.95. The number of benzene rings is 2. The fourth-order valence-corrected chi connectivity index (χ4v) is 2.68. The smallest absolute Gasteiger partial charge is 0.133 e. The van der Waals surface area contributed by atoms with Crippen LogP contribution in [0.5, 0.6) is 5.75 Å². The molecule has 1 fully saturated rings. The van der Waals surface area contributed by atoms with Crippen molar-refractivity contribution < 1.29 is 9.90 Å². The van der Waals surface area contributed by atoms with Crippen LogP contribution in [0.25, 0.3) is 10.8 Å². The molecule has 0 amide bonds. The van der Waals surface area contributed by atoms with Gasteiger partial charge in [-0.1, -0.05) is 36.4 Å². The Kier molecular flexibility index (Phi) is 2.36. The highest BCUT2D eigenvalue weighted by atomic mass is 16.3. The Bertz CT molecular complexity index is 586. The molecule has 1 atom stereocenters. The number of carbonyl (C=O) groups is 1. The lowest BCUT2D eigenvalue weighted by Gasteiger charge is -2.12. The first-order chi connectivity index (χ1) is 8.25. The van der Waals surface area contributed by atoms with E-state index in [1.54, 1.807) is 0 Å². The lowest BCUT2D eigenvalue weighted by atomic mass is 9.94. The van der Waals surface area contributed by atoms with Crippen molar-refractivity contribution in [3.05, 3.63) is 42.0 Å². The van der Waals surface area contributed by atoms with Crippen LogP contribution in [0.15, 0.2) is 36.4 Å². The molecule has 0 spiro atoms. The molecule has 86 valence electrons. The first kappa shape index (κ1) is 10.3. The van der Waals surface area contributed by atoms with Gasteiger partial charge in [-0.25, -0.2) is 0 Å². The molecule has 1 aliphatic carbocycles. The fraction of sp³-hybridized carbons (Fsp3) is 0.267. The van der Waals surface area contributed by atoms with E-state index in [9.17, 15) is 9.90 Å². The van der Waals surface area contributed by atoms with Gasteiger partial charge in [-0.2, -0.15) is 0 Å². The topological polar surface area (TPSA) is 37.3 Å². The monoisotopic (exact) mass is 226 g/mol. The van der Waals surface area contributed by atoms with E-state index >= 15 is 0 Å². The molecule has 2 aromatic rings. The molecule has 0 saturated heterocycles. The molecule has 2 nitrogen and oxygen atoms in total. The second-order valence-electron chi connectivity index (χ2n) is 4.70. The molecule has 2 heteroatoms. The van der Waals surface area contributed by atoms with Crippen molar-refractivity contribution in [3.8, 4) is 5.75 Å². The largest absolute Gasteiger partial charge is 0.507 e. The van der Waals surface area contributed by atoms with Crippen LogP contribution in [0.2, 0.25) is 0 Å². The highest BCUT2D eigenvalue weighted by Gasteiger charge is 2.26. The van der Waals surface area contributed by atoms with Crippen LogP contribution in [0.4, 0.5) is 0 Å². The standard InChI is InChI=1S/C15H14O2/c16-12-7-5-11(9-12)14-8-6-10-3-1-2-4-13(10)15(14)17/h1-4,6,8,11,17H,5,7,9H2/t11-/m0/s1. The summed E-state index contributed by atoms with van der Waals surface area (Å²) >= 11 is 0. The summed E-state index contributed by atoms with van der Waals surface area (Å²) in [7, 11) is 0. The van der Waals surface area contributed by atoms with Gasteiger partial charge in [0.15, 0.2) is 0 Å². The van der Waals surface area contributed by atoms with Crippen molar-refractivity contribution in [2.75, 3.05) is 0 Å². The first-order valence-electron chi connectivity index (χ1n) is 5.98. The normalized spacial score (nSPS) is 20.0. The number of phenols is 1. The van der Waals surface area contributed by atoms with Crippen molar-refractivity contribution in [1.29, 1.82) is 0 Å². The first-order valence-corrected chi connectivity index (χ1v) is 5.98. The number of Topliss-reactive ketones (excluding diaryl/α,β-unsaturated/α-hetero) is 1. The van der Waals surface area contributed by atoms with Gasteiger partial charge in [0.25, 0.3) is 0 Å². The minimum atomic E-state index is 0.201. The fourth-order valence-electron chi connectivity index (χ4n) is 2.68. The molecule has 1 N–H and O–H groups in total. The number of rotatable bonds is 1. The quantitative estimate of drug-likeness (QED) is 0.809. The molecule has 2 aromatic carbocycles. The maximum absolute atomic E-state index is 11.3. The number of hydrogen-bond donors (Lipinski definition) is 1. The van der Waals surface area contributed by atoms with Crippen molar-refractivity contribution in [1.82, 2.24) is 0 Å². The molecule has 0 radical (unpaired) electrons. The van der Waals surface area contributed by atoms with Gasteiger partial charge < -0.3 is 5.11 Å². The Labute approximate surface area is 99.9 Å². The molecular weight excluding hydrogens is 212 g/mol. The van der Waals surface area contributed by atoms with Crippen molar-refractivity contribution in [3.63, 3.8) is 0 Å². The zero-order valence-electron chi connectivity index (χ0n) is 9.52. The average molecular weight is 226 g/mol. The second kappa shape index (κ2) is 3.88. The molecule has 0 heterocycles. The van der Waals surface area contributed by atoms with E-state index in [2.05, 4.69) is 0 Å². The van der Waals surface area contributed by atoms with Gasteiger partial charge in [-0.15, -0.1) is 0 Å². The van der Waals surface area contributed by atoms with Gasteiger partial charge in [0.2, 0.25) is 0 Å². The molecule has 0 aliphatic heterocycles. The van der Waals surface area contributed by atoms with Gasteiger partial charge in [0.05, 0.1) is 0 Å². The second-order valence-corrected chi connectivity index (χ2v) is 4.70. The van der Waals surface area contributed by atoms with E-state index in [0.717, 1.165) is 22.8 Å². The highest BCUT2D eigenvalue weighted by Crippen LogP contribution is 2.40. The summed E-state index contributed by atoms with van der Waals surface area (Å²) in [6, 6.07) is 11.8. The van der Waals surface area contributed by atoms with Crippen LogP contribution < -0.4 is 0 Å². The van der Waals surface area contributed by atoms with E-state index in [0.29, 0.717) is 24.4 Å². The van der Waals surface area contributed by atoms with E-state index in [4.69, 9.17) is 0 Å². The Hall–Kier alpha value is -1.83. The van der Waals surface area contributed by atoms with Crippen LogP contribution in [-0.2, 0) is 4.79 Å². The molecule has 0 unspecified atom stereocenters. The van der Waals surface area contributed by atoms with E-state index in [1.807, 2.05) is 36.4 Å². The Morgan fingerprint density at radius 2 is 1.94 bits per heavy atom. The Balaban J connectivity index is 2.11. The van der Waals surface area contributed by atoms with Gasteiger partial charge in [0.1, 0.15) is 11.5 Å². The zero-order chi connectivity index (χ0) is 11.8. The van der Waals surface area contributed by atoms with Crippen molar-refractivity contribution >= 4 is 16.6 Å². The summed E-state index contributed by atoms with van der Waals surface area (Å²) in [5.41, 5.74) is 0.926. The molecule has 1 saturated carbocycles. The Morgan fingerprint density at radius 1 is 1.12 bits per heavy atom.